The molecule has 7 rings (SSSR count). The molecular weight excluding hydrogens is 652 g/mol. The number of aromatic hydroxyl groups is 1. The van der Waals surface area contributed by atoms with Crippen molar-refractivity contribution in [2.75, 3.05) is 52.9 Å². The summed E-state index contributed by atoms with van der Waals surface area (Å²) in [6.45, 7) is 4.52. The van der Waals surface area contributed by atoms with E-state index < -0.39 is 6.10 Å². The van der Waals surface area contributed by atoms with Crippen molar-refractivity contribution >= 4 is 48.9 Å². The summed E-state index contributed by atoms with van der Waals surface area (Å²) in [6.07, 6.45) is 1.17. The predicted octanol–water partition coefficient (Wildman–Crippen LogP) is 5.36. The zero-order valence-corrected chi connectivity index (χ0v) is 28.4. The van der Waals surface area contributed by atoms with Crippen molar-refractivity contribution in [3.63, 3.8) is 0 Å². The van der Waals surface area contributed by atoms with E-state index in [2.05, 4.69) is 9.88 Å². The summed E-state index contributed by atoms with van der Waals surface area (Å²) < 4.78 is 23.7. The van der Waals surface area contributed by atoms with Gasteiger partial charge in [0.15, 0.2) is 0 Å². The van der Waals surface area contributed by atoms with Crippen molar-refractivity contribution < 1.29 is 24.1 Å². The minimum Gasteiger partial charge on any atom is -0.506 e. The Morgan fingerprint density at radius 3 is 2.69 bits per heavy atom. The average molecular weight is 691 g/mol. The summed E-state index contributed by atoms with van der Waals surface area (Å²) in [5.41, 5.74) is 1.82. The first-order valence-electron chi connectivity index (χ1n) is 16.3. The molecule has 5 aromatic rings. The number of fused-ring (bicyclic) bond motifs is 2. The van der Waals surface area contributed by atoms with Crippen molar-refractivity contribution in [1.82, 2.24) is 19.7 Å². The third-order valence-electron chi connectivity index (χ3n) is 9.69. The van der Waals surface area contributed by atoms with Crippen LogP contribution in [0.1, 0.15) is 45.3 Å². The van der Waals surface area contributed by atoms with Crippen molar-refractivity contribution in [2.45, 2.75) is 37.5 Å². The number of aliphatic hydroxyl groups excluding tert-OH is 1. The van der Waals surface area contributed by atoms with Crippen molar-refractivity contribution in [3.05, 3.63) is 97.7 Å². The third-order valence-corrected chi connectivity index (χ3v) is 11.7. The quantitative estimate of drug-likeness (QED) is 0.191. The number of aromatic amines is 1. The van der Waals surface area contributed by atoms with E-state index in [-0.39, 0.29) is 34.5 Å². The first-order chi connectivity index (χ1) is 23.2. The number of ether oxygens (including phenoxy) is 1. The van der Waals surface area contributed by atoms with Crippen LogP contribution in [0.4, 0.5) is 4.39 Å². The molecule has 1 amide bonds. The smallest absolute Gasteiger partial charge is 0.305 e. The maximum atomic E-state index is 15.7. The normalized spacial score (nSPS) is 17.5. The number of H-pyrrole nitrogens is 1. The topological polar surface area (TPSA) is 109 Å². The van der Waals surface area contributed by atoms with Crippen LogP contribution in [0.5, 0.6) is 5.75 Å². The average Bonchev–Trinajstić information content (AvgIpc) is 3.70. The Morgan fingerprint density at radius 1 is 1.08 bits per heavy atom. The van der Waals surface area contributed by atoms with Crippen LogP contribution >= 0.6 is 22.7 Å². The van der Waals surface area contributed by atoms with Crippen LogP contribution in [0, 0.1) is 5.82 Å². The number of morpholine rings is 1. The third kappa shape index (κ3) is 6.78. The molecule has 12 heteroatoms. The molecule has 48 heavy (non-hydrogen) atoms. The van der Waals surface area contributed by atoms with Gasteiger partial charge in [-0.2, -0.15) is 0 Å². The number of thiophene rings is 1. The van der Waals surface area contributed by atoms with Crippen LogP contribution in [0.2, 0.25) is 0 Å². The van der Waals surface area contributed by atoms with Crippen LogP contribution in [-0.4, -0.2) is 94.3 Å². The van der Waals surface area contributed by atoms with E-state index in [1.165, 1.54) is 17.4 Å². The molecule has 0 bridgehead atoms. The Bertz CT molecular complexity index is 1970. The number of benzene rings is 3. The zero-order valence-electron chi connectivity index (χ0n) is 26.8. The Balaban J connectivity index is 0.924. The number of phenolic OH excluding ortho intramolecular Hbond substituents is 1. The second-order valence-corrected chi connectivity index (χ2v) is 15.1. The molecule has 9 nitrogen and oxygen atoms in total. The number of likely N-dealkylation sites (tertiary alicyclic amines) is 1. The van der Waals surface area contributed by atoms with Crippen LogP contribution < -0.4 is 4.87 Å². The van der Waals surface area contributed by atoms with Gasteiger partial charge in [0.25, 0.3) is 5.91 Å². The highest BCUT2D eigenvalue weighted by Crippen LogP contribution is 2.34. The molecule has 3 aromatic carbocycles. The number of hydrogen-bond donors (Lipinski definition) is 3. The molecular formula is C36H39FN4O5S2. The summed E-state index contributed by atoms with van der Waals surface area (Å²) in [5, 5.41) is 22.1. The van der Waals surface area contributed by atoms with Gasteiger partial charge in [0.2, 0.25) is 0 Å². The first kappa shape index (κ1) is 32.9. The van der Waals surface area contributed by atoms with E-state index in [9.17, 15) is 19.8 Å². The Labute approximate surface area is 285 Å². The lowest BCUT2D eigenvalue weighted by Crippen LogP contribution is -2.57. The molecule has 2 saturated heterocycles. The van der Waals surface area contributed by atoms with E-state index in [4.69, 9.17) is 4.74 Å². The van der Waals surface area contributed by atoms with Crippen LogP contribution in [-0.2, 0) is 17.7 Å². The van der Waals surface area contributed by atoms with E-state index >= 15 is 4.39 Å². The number of aromatic nitrogens is 1. The van der Waals surface area contributed by atoms with Gasteiger partial charge in [0.05, 0.1) is 34.4 Å². The fourth-order valence-electron chi connectivity index (χ4n) is 6.97. The largest absolute Gasteiger partial charge is 0.506 e. The standard InChI is InChI=1S/C36H39FN4O5S2/c1-39(21-28(43)26-9-10-27(42)32-33(26)48-35(45)38-32)14-11-23-6-4-7-25(31(23)37)20-40-15-12-36(13-16-40)22-41(17-18-46-36)34(44)30-19-24-5-2-3-8-29(24)47-30/h2-10,19,28,42-43H,11-18,20-22H2,1H3,(H,38,45)/t28-/m0/s1. The number of aliphatic hydroxyl groups is 1. The molecule has 1 spiro atoms. The van der Waals surface area contributed by atoms with Gasteiger partial charge in [-0.05, 0) is 55.5 Å². The molecule has 4 heterocycles. The highest BCUT2D eigenvalue weighted by Gasteiger charge is 2.41. The molecule has 0 radical (unpaired) electrons. The van der Waals surface area contributed by atoms with E-state index in [0.717, 1.165) is 52.2 Å². The van der Waals surface area contributed by atoms with Gasteiger partial charge in [0, 0.05) is 55.1 Å². The molecule has 0 aliphatic carbocycles. The summed E-state index contributed by atoms with van der Waals surface area (Å²) in [7, 11) is 1.87. The van der Waals surface area contributed by atoms with E-state index in [1.807, 2.05) is 65.4 Å². The number of rotatable bonds is 9. The van der Waals surface area contributed by atoms with Gasteiger partial charge >= 0.3 is 4.87 Å². The van der Waals surface area contributed by atoms with Gasteiger partial charge in [-0.3, -0.25) is 14.5 Å². The summed E-state index contributed by atoms with van der Waals surface area (Å²) in [6, 6.07) is 18.7. The number of piperidine rings is 1. The van der Waals surface area contributed by atoms with Gasteiger partial charge < -0.3 is 29.7 Å². The maximum absolute atomic E-state index is 15.7. The Hall–Kier alpha value is -3.65. The van der Waals surface area contributed by atoms with Crippen molar-refractivity contribution in [3.8, 4) is 5.75 Å². The Morgan fingerprint density at radius 2 is 1.88 bits per heavy atom. The molecule has 0 unspecified atom stereocenters. The number of thiazole rings is 1. The second kappa shape index (κ2) is 13.7. The summed E-state index contributed by atoms with van der Waals surface area (Å²) in [4.78, 5) is 34.5. The molecule has 2 aromatic heterocycles. The highest BCUT2D eigenvalue weighted by atomic mass is 32.1. The highest BCUT2D eigenvalue weighted by molar-refractivity contribution is 7.20. The number of nitrogens with one attached hydrogen (secondary N) is 1. The lowest BCUT2D eigenvalue weighted by Gasteiger charge is -2.47. The SMILES string of the molecule is CN(CCc1cccc(CN2CCC3(CC2)CN(C(=O)c2cc4ccccc4s2)CCO3)c1F)C[C@H](O)c1ccc(O)c2[nH]c(=O)sc12. The fraction of sp³-hybridized carbons (Fsp3) is 0.389. The Kier molecular flexibility index (Phi) is 9.38. The number of likely N-dealkylation sites (N-methyl/N-ethyl adjacent to an activating group) is 1. The number of phenols is 1. The lowest BCUT2D eigenvalue weighted by atomic mass is 9.89. The monoisotopic (exact) mass is 690 g/mol. The predicted molar refractivity (Wildman–Crippen MR) is 188 cm³/mol. The number of halogens is 1. The number of hydrogen-bond acceptors (Lipinski definition) is 9. The van der Waals surface area contributed by atoms with Crippen LogP contribution in [0.25, 0.3) is 20.3 Å². The molecule has 0 saturated carbocycles. The number of carbonyl (C=O) groups excluding carboxylic acids is 1. The molecule has 2 fully saturated rings. The lowest BCUT2D eigenvalue weighted by molar-refractivity contribution is -0.127. The maximum Gasteiger partial charge on any atom is 0.305 e. The summed E-state index contributed by atoms with van der Waals surface area (Å²) in [5.74, 6) is -0.161. The van der Waals surface area contributed by atoms with Gasteiger partial charge in [-0.25, -0.2) is 4.39 Å². The molecule has 3 N–H and O–H groups in total. The van der Waals surface area contributed by atoms with Crippen LogP contribution in [0.15, 0.2) is 65.5 Å². The number of carbonyl (C=O) groups is 1. The van der Waals surface area contributed by atoms with Gasteiger partial charge in [0.1, 0.15) is 17.1 Å². The van der Waals surface area contributed by atoms with E-state index in [1.54, 1.807) is 6.07 Å². The number of nitrogens with zero attached hydrogens (tertiary/aromatic N) is 3. The van der Waals surface area contributed by atoms with Gasteiger partial charge in [-0.15, -0.1) is 11.3 Å². The zero-order chi connectivity index (χ0) is 33.4. The minimum absolute atomic E-state index is 0.0312. The molecule has 1 atom stereocenters. The van der Waals surface area contributed by atoms with E-state index in [0.29, 0.717) is 66.1 Å². The minimum atomic E-state index is -0.878. The fourth-order valence-corrected chi connectivity index (χ4v) is 8.92. The van der Waals surface area contributed by atoms with Crippen molar-refractivity contribution in [1.29, 1.82) is 0 Å². The molecule has 2 aliphatic heterocycles. The molecule has 252 valence electrons. The second-order valence-electron chi connectivity index (χ2n) is 13.0. The number of amides is 1. The van der Waals surface area contributed by atoms with Crippen molar-refractivity contribution in [2.24, 2.45) is 0 Å². The molecule has 2 aliphatic rings. The summed E-state index contributed by atoms with van der Waals surface area (Å²) >= 11 is 2.50. The first-order valence-corrected chi connectivity index (χ1v) is 17.9. The van der Waals surface area contributed by atoms with Crippen LogP contribution in [0.3, 0.4) is 0 Å². The van der Waals surface area contributed by atoms with Gasteiger partial charge in [-0.1, -0.05) is 53.8 Å².